The summed E-state index contributed by atoms with van der Waals surface area (Å²) in [5.41, 5.74) is 1.10. The molecule has 19 heavy (non-hydrogen) atoms. The molecule has 3 nitrogen and oxygen atoms in total. The maximum absolute atomic E-state index is 5.48. The van der Waals surface area contributed by atoms with Crippen molar-refractivity contribution in [2.45, 2.75) is 13.0 Å². The van der Waals surface area contributed by atoms with E-state index in [1.807, 2.05) is 30.3 Å². The van der Waals surface area contributed by atoms with Crippen LogP contribution in [0.2, 0.25) is 0 Å². The first-order valence-electron chi connectivity index (χ1n) is 6.42. The molecular formula is C16H21NO2. The number of ether oxygens (including phenoxy) is 2. The third kappa shape index (κ3) is 6.66. The molecule has 0 aromatic heterocycles. The molecule has 0 atom stereocenters. The summed E-state index contributed by atoms with van der Waals surface area (Å²) in [6, 6.07) is 7.88. The van der Waals surface area contributed by atoms with Crippen LogP contribution in [-0.2, 0) is 11.3 Å². The predicted molar refractivity (Wildman–Crippen MR) is 78.1 cm³/mol. The number of benzene rings is 1. The first kappa shape index (κ1) is 15.3. The summed E-state index contributed by atoms with van der Waals surface area (Å²) in [6.07, 6.45) is 7.94. The Labute approximate surface area is 115 Å². The second kappa shape index (κ2) is 10.2. The molecule has 0 aliphatic heterocycles. The maximum atomic E-state index is 5.48. The molecule has 102 valence electrons. The maximum Gasteiger partial charge on any atom is 0.148 e. The Kier molecular flexibility index (Phi) is 8.20. The van der Waals surface area contributed by atoms with Crippen molar-refractivity contribution in [3.05, 3.63) is 42.5 Å². The van der Waals surface area contributed by atoms with Crippen molar-refractivity contribution in [2.24, 2.45) is 0 Å². The third-order valence-electron chi connectivity index (χ3n) is 2.49. The minimum Gasteiger partial charge on any atom is -0.481 e. The van der Waals surface area contributed by atoms with Crippen LogP contribution < -0.4 is 10.1 Å². The summed E-state index contributed by atoms with van der Waals surface area (Å²) >= 11 is 0. The van der Waals surface area contributed by atoms with Gasteiger partial charge in [-0.25, -0.2) is 0 Å². The van der Waals surface area contributed by atoms with Gasteiger partial charge in [0.1, 0.15) is 12.4 Å². The van der Waals surface area contributed by atoms with E-state index in [0.717, 1.165) is 37.4 Å². The average Bonchev–Trinajstić information content (AvgIpc) is 2.45. The van der Waals surface area contributed by atoms with Crippen LogP contribution in [-0.4, -0.2) is 26.4 Å². The van der Waals surface area contributed by atoms with Crippen LogP contribution in [0.25, 0.3) is 0 Å². The van der Waals surface area contributed by atoms with Gasteiger partial charge in [0.25, 0.3) is 0 Å². The Morgan fingerprint density at radius 1 is 1.32 bits per heavy atom. The quantitative estimate of drug-likeness (QED) is 0.397. The molecule has 0 radical (unpaired) electrons. The average molecular weight is 259 g/mol. The topological polar surface area (TPSA) is 30.5 Å². The first-order chi connectivity index (χ1) is 9.38. The summed E-state index contributed by atoms with van der Waals surface area (Å²) < 4.78 is 10.9. The number of rotatable bonds is 10. The van der Waals surface area contributed by atoms with Crippen molar-refractivity contribution >= 4 is 0 Å². The van der Waals surface area contributed by atoms with E-state index >= 15 is 0 Å². The standard InChI is InChI=1S/C16H21NO2/c1-3-5-12-18-13-10-17-14-15-8-6-7-9-16(15)19-11-4-2/h2-3,6-9,17H,1,5,10-14H2. The minimum atomic E-state index is 0.293. The lowest BCUT2D eigenvalue weighted by Gasteiger charge is -2.10. The van der Waals surface area contributed by atoms with Crippen molar-refractivity contribution in [3.63, 3.8) is 0 Å². The molecule has 1 aromatic rings. The van der Waals surface area contributed by atoms with Gasteiger partial charge in [-0.05, 0) is 12.5 Å². The zero-order valence-corrected chi connectivity index (χ0v) is 11.2. The zero-order valence-electron chi connectivity index (χ0n) is 11.2. The molecule has 0 bridgehead atoms. The summed E-state index contributed by atoms with van der Waals surface area (Å²) in [6.45, 7) is 6.91. The number of hydrogen-bond donors (Lipinski definition) is 1. The molecule has 0 aliphatic rings. The van der Waals surface area contributed by atoms with Crippen LogP contribution >= 0.6 is 0 Å². The summed E-state index contributed by atoms with van der Waals surface area (Å²) in [4.78, 5) is 0. The number of para-hydroxylation sites is 1. The van der Waals surface area contributed by atoms with Crippen molar-refractivity contribution in [1.82, 2.24) is 5.32 Å². The Balaban J connectivity index is 2.25. The monoisotopic (exact) mass is 259 g/mol. The molecule has 0 heterocycles. The van der Waals surface area contributed by atoms with Crippen LogP contribution in [0.4, 0.5) is 0 Å². The number of terminal acetylenes is 1. The fraction of sp³-hybridized carbons (Fsp3) is 0.375. The van der Waals surface area contributed by atoms with Gasteiger partial charge in [0.2, 0.25) is 0 Å². The highest BCUT2D eigenvalue weighted by Crippen LogP contribution is 2.17. The van der Waals surface area contributed by atoms with E-state index in [9.17, 15) is 0 Å². The van der Waals surface area contributed by atoms with Gasteiger partial charge in [0.05, 0.1) is 13.2 Å². The van der Waals surface area contributed by atoms with Gasteiger partial charge < -0.3 is 14.8 Å². The molecule has 0 amide bonds. The Morgan fingerprint density at radius 2 is 2.16 bits per heavy atom. The van der Waals surface area contributed by atoms with E-state index in [-0.39, 0.29) is 0 Å². The molecular weight excluding hydrogens is 238 g/mol. The van der Waals surface area contributed by atoms with Crippen molar-refractivity contribution in [1.29, 1.82) is 0 Å². The van der Waals surface area contributed by atoms with Crippen LogP contribution in [0, 0.1) is 12.3 Å². The highest BCUT2D eigenvalue weighted by Gasteiger charge is 2.01. The second-order valence-corrected chi connectivity index (χ2v) is 3.97. The second-order valence-electron chi connectivity index (χ2n) is 3.97. The number of nitrogens with one attached hydrogen (secondary N) is 1. The fourth-order valence-electron chi connectivity index (χ4n) is 1.55. The molecule has 0 saturated carbocycles. The van der Waals surface area contributed by atoms with Crippen LogP contribution in [0.3, 0.4) is 0 Å². The minimum absolute atomic E-state index is 0.293. The molecule has 1 N–H and O–H groups in total. The summed E-state index contributed by atoms with van der Waals surface area (Å²) in [5.74, 6) is 3.30. The Hall–Kier alpha value is -1.76. The van der Waals surface area contributed by atoms with E-state index in [4.69, 9.17) is 15.9 Å². The smallest absolute Gasteiger partial charge is 0.148 e. The van der Waals surface area contributed by atoms with Crippen molar-refractivity contribution in [2.75, 3.05) is 26.4 Å². The normalized spacial score (nSPS) is 9.84. The van der Waals surface area contributed by atoms with Gasteiger partial charge in [-0.2, -0.15) is 0 Å². The fourth-order valence-corrected chi connectivity index (χ4v) is 1.55. The number of hydrogen-bond acceptors (Lipinski definition) is 3. The van der Waals surface area contributed by atoms with E-state index in [1.54, 1.807) is 0 Å². The molecule has 0 aliphatic carbocycles. The van der Waals surface area contributed by atoms with Crippen LogP contribution in [0.5, 0.6) is 5.75 Å². The van der Waals surface area contributed by atoms with Gasteiger partial charge in [-0.3, -0.25) is 0 Å². The Morgan fingerprint density at radius 3 is 2.95 bits per heavy atom. The lowest BCUT2D eigenvalue weighted by molar-refractivity contribution is 0.140. The van der Waals surface area contributed by atoms with Crippen LogP contribution in [0.1, 0.15) is 12.0 Å². The predicted octanol–water partition coefficient (Wildman–Crippen LogP) is 2.38. The van der Waals surface area contributed by atoms with Gasteiger partial charge in [-0.1, -0.05) is 30.2 Å². The van der Waals surface area contributed by atoms with Gasteiger partial charge >= 0.3 is 0 Å². The van der Waals surface area contributed by atoms with Gasteiger partial charge in [-0.15, -0.1) is 13.0 Å². The molecule has 0 unspecified atom stereocenters. The molecule has 0 fully saturated rings. The van der Waals surface area contributed by atoms with Crippen molar-refractivity contribution < 1.29 is 9.47 Å². The highest BCUT2D eigenvalue weighted by atomic mass is 16.5. The highest BCUT2D eigenvalue weighted by molar-refractivity contribution is 5.33. The first-order valence-corrected chi connectivity index (χ1v) is 6.42. The van der Waals surface area contributed by atoms with Crippen molar-refractivity contribution in [3.8, 4) is 18.1 Å². The Bertz CT molecular complexity index is 409. The van der Waals surface area contributed by atoms with E-state index in [0.29, 0.717) is 13.2 Å². The molecule has 1 aromatic carbocycles. The van der Waals surface area contributed by atoms with Gasteiger partial charge in [0.15, 0.2) is 0 Å². The largest absolute Gasteiger partial charge is 0.481 e. The van der Waals surface area contributed by atoms with E-state index in [2.05, 4.69) is 17.8 Å². The zero-order chi connectivity index (χ0) is 13.8. The summed E-state index contributed by atoms with van der Waals surface area (Å²) in [7, 11) is 0. The lowest BCUT2D eigenvalue weighted by atomic mass is 10.2. The molecule has 0 saturated heterocycles. The summed E-state index contributed by atoms with van der Waals surface area (Å²) in [5, 5.41) is 3.31. The third-order valence-corrected chi connectivity index (χ3v) is 2.49. The lowest BCUT2D eigenvalue weighted by Crippen LogP contribution is -2.20. The molecule has 0 spiro atoms. The van der Waals surface area contributed by atoms with Crippen LogP contribution in [0.15, 0.2) is 36.9 Å². The van der Waals surface area contributed by atoms with Gasteiger partial charge in [0, 0.05) is 18.7 Å². The van der Waals surface area contributed by atoms with E-state index in [1.165, 1.54) is 0 Å². The molecule has 1 rings (SSSR count). The van der Waals surface area contributed by atoms with E-state index < -0.39 is 0 Å². The molecule has 3 heteroatoms. The SMILES string of the molecule is C#CCOc1ccccc1CNCCOCCC=C.